The highest BCUT2D eigenvalue weighted by molar-refractivity contribution is 5.98. The van der Waals surface area contributed by atoms with Crippen LogP contribution < -0.4 is 4.90 Å². The van der Waals surface area contributed by atoms with Crippen LogP contribution in [0.2, 0.25) is 0 Å². The van der Waals surface area contributed by atoms with E-state index in [4.69, 9.17) is 4.74 Å². The van der Waals surface area contributed by atoms with Gasteiger partial charge in [-0.05, 0) is 43.4 Å². The Hall–Kier alpha value is -2.82. The molecule has 2 aromatic carbocycles. The van der Waals surface area contributed by atoms with Gasteiger partial charge in [0, 0.05) is 32.2 Å². The number of nitrogens with zero attached hydrogens (tertiary/aromatic N) is 2. The first-order valence-corrected chi connectivity index (χ1v) is 10.8. The van der Waals surface area contributed by atoms with E-state index in [1.807, 2.05) is 62.4 Å². The van der Waals surface area contributed by atoms with Crippen LogP contribution in [-0.4, -0.2) is 43.1 Å². The second-order valence-electron chi connectivity index (χ2n) is 8.10. The Kier molecular flexibility index (Phi) is 7.50. The van der Waals surface area contributed by atoms with Crippen LogP contribution in [0.15, 0.2) is 48.5 Å². The van der Waals surface area contributed by atoms with Gasteiger partial charge < -0.3 is 14.5 Å². The Bertz CT molecular complexity index is 838. The van der Waals surface area contributed by atoms with Crippen molar-refractivity contribution in [1.29, 1.82) is 0 Å². The molecule has 0 N–H and O–H groups in total. The van der Waals surface area contributed by atoms with Gasteiger partial charge in [0.2, 0.25) is 0 Å². The van der Waals surface area contributed by atoms with Gasteiger partial charge in [-0.15, -0.1) is 0 Å². The molecule has 30 heavy (non-hydrogen) atoms. The number of hydrogen-bond donors (Lipinski definition) is 0. The highest BCUT2D eigenvalue weighted by Crippen LogP contribution is 2.25. The number of benzene rings is 2. The lowest BCUT2D eigenvalue weighted by atomic mass is 10.0. The average molecular weight is 409 g/mol. The summed E-state index contributed by atoms with van der Waals surface area (Å²) in [5, 5.41) is 0. The predicted octanol–water partition coefficient (Wildman–Crippen LogP) is 4.89. The maximum atomic E-state index is 13.5. The van der Waals surface area contributed by atoms with E-state index in [2.05, 4.69) is 0 Å². The Balaban J connectivity index is 1.82. The number of anilines is 1. The molecule has 5 heteroatoms. The quantitative estimate of drug-likeness (QED) is 0.708. The van der Waals surface area contributed by atoms with Crippen LogP contribution in [0.4, 0.5) is 10.5 Å². The molecule has 1 saturated heterocycles. The topological polar surface area (TPSA) is 49.9 Å². The lowest BCUT2D eigenvalue weighted by Crippen LogP contribution is -2.44. The smallest absolute Gasteiger partial charge is 0.410 e. The Labute approximate surface area is 179 Å². The van der Waals surface area contributed by atoms with Gasteiger partial charge in [-0.2, -0.15) is 0 Å². The number of aryl methyl sites for hydroxylation is 2. The third-order valence-corrected chi connectivity index (χ3v) is 5.75. The molecule has 5 nitrogen and oxygen atoms in total. The van der Waals surface area contributed by atoms with Crippen molar-refractivity contribution in [2.24, 2.45) is 0 Å². The van der Waals surface area contributed by atoms with Crippen molar-refractivity contribution in [3.05, 3.63) is 65.2 Å². The summed E-state index contributed by atoms with van der Waals surface area (Å²) >= 11 is 0. The minimum Gasteiger partial charge on any atom is -0.436 e. The Morgan fingerprint density at radius 1 is 0.933 bits per heavy atom. The van der Waals surface area contributed by atoms with Gasteiger partial charge in [0.25, 0.3) is 5.91 Å². The molecule has 0 saturated carbocycles. The SMILES string of the molecule is Cc1cccc(C)c1N(C)C(=O)C(Cc1ccccc1)OC(=O)N1CCCCCC1. The number of likely N-dealkylation sites (tertiary alicyclic amines) is 1. The summed E-state index contributed by atoms with van der Waals surface area (Å²) < 4.78 is 5.83. The first-order valence-electron chi connectivity index (χ1n) is 10.8. The molecule has 0 bridgehead atoms. The zero-order chi connectivity index (χ0) is 21.5. The zero-order valence-electron chi connectivity index (χ0n) is 18.3. The molecule has 1 atom stereocenters. The number of carbonyl (C=O) groups excluding carboxylic acids is 2. The van der Waals surface area contributed by atoms with Crippen LogP contribution >= 0.6 is 0 Å². The third kappa shape index (κ3) is 5.41. The fraction of sp³-hybridized carbons (Fsp3) is 0.440. The first kappa shape index (κ1) is 21.9. The molecule has 3 rings (SSSR count). The summed E-state index contributed by atoms with van der Waals surface area (Å²) in [5.74, 6) is -0.209. The minimum absolute atomic E-state index is 0.209. The molecule has 2 amide bonds. The summed E-state index contributed by atoms with van der Waals surface area (Å²) in [6.07, 6.45) is 3.32. The second kappa shape index (κ2) is 10.3. The first-order chi connectivity index (χ1) is 14.5. The van der Waals surface area contributed by atoms with Gasteiger partial charge in [-0.25, -0.2) is 4.79 Å². The van der Waals surface area contributed by atoms with Crippen LogP contribution in [-0.2, 0) is 16.0 Å². The summed E-state index contributed by atoms with van der Waals surface area (Å²) in [6, 6.07) is 15.7. The number of para-hydroxylation sites is 1. The molecule has 1 fully saturated rings. The maximum Gasteiger partial charge on any atom is 0.410 e. The van der Waals surface area contributed by atoms with E-state index in [1.54, 1.807) is 16.8 Å². The fourth-order valence-electron chi connectivity index (χ4n) is 4.12. The average Bonchev–Trinajstić information content (AvgIpc) is 3.03. The molecule has 1 aliphatic heterocycles. The monoisotopic (exact) mass is 408 g/mol. The maximum absolute atomic E-state index is 13.5. The number of rotatable bonds is 5. The highest BCUT2D eigenvalue weighted by atomic mass is 16.6. The van der Waals surface area contributed by atoms with Crippen LogP contribution in [0, 0.1) is 13.8 Å². The van der Waals surface area contributed by atoms with E-state index in [0.29, 0.717) is 19.5 Å². The molecular weight excluding hydrogens is 376 g/mol. The molecule has 160 valence electrons. The van der Waals surface area contributed by atoms with Gasteiger partial charge in [-0.3, -0.25) is 4.79 Å². The minimum atomic E-state index is -0.868. The summed E-state index contributed by atoms with van der Waals surface area (Å²) in [5.41, 5.74) is 3.87. The normalized spacial score (nSPS) is 15.2. The Morgan fingerprint density at radius 2 is 1.53 bits per heavy atom. The number of likely N-dealkylation sites (N-methyl/N-ethyl adjacent to an activating group) is 1. The lowest BCUT2D eigenvalue weighted by molar-refractivity contribution is -0.127. The molecule has 2 aromatic rings. The van der Waals surface area contributed by atoms with E-state index in [-0.39, 0.29) is 12.0 Å². The van der Waals surface area contributed by atoms with Gasteiger partial charge in [0.05, 0.1) is 0 Å². The second-order valence-corrected chi connectivity index (χ2v) is 8.10. The van der Waals surface area contributed by atoms with E-state index in [1.165, 1.54) is 0 Å². The molecule has 0 radical (unpaired) electrons. The van der Waals surface area contributed by atoms with Crippen molar-refractivity contribution >= 4 is 17.7 Å². The summed E-state index contributed by atoms with van der Waals surface area (Å²) in [4.78, 5) is 29.7. The van der Waals surface area contributed by atoms with Crippen LogP contribution in [0.5, 0.6) is 0 Å². The highest BCUT2D eigenvalue weighted by Gasteiger charge is 2.30. The van der Waals surface area contributed by atoms with Gasteiger partial charge in [0.1, 0.15) is 0 Å². The standard InChI is InChI=1S/C25H32N2O3/c1-19-12-11-13-20(2)23(19)26(3)24(28)22(18-21-14-7-6-8-15-21)30-25(29)27-16-9-4-5-10-17-27/h6-8,11-15,22H,4-5,9-10,16-18H2,1-3H3. The number of amides is 2. The van der Waals surface area contributed by atoms with E-state index in [9.17, 15) is 9.59 Å². The number of carbonyl (C=O) groups is 2. The van der Waals surface area contributed by atoms with Crippen molar-refractivity contribution in [3.8, 4) is 0 Å². The van der Waals surface area contributed by atoms with Gasteiger partial charge >= 0.3 is 6.09 Å². The third-order valence-electron chi connectivity index (χ3n) is 5.75. The van der Waals surface area contributed by atoms with Crippen molar-refractivity contribution in [3.63, 3.8) is 0 Å². The van der Waals surface area contributed by atoms with Gasteiger partial charge in [0.15, 0.2) is 6.10 Å². The molecule has 0 aromatic heterocycles. The molecule has 1 aliphatic rings. The van der Waals surface area contributed by atoms with Crippen LogP contribution in [0.25, 0.3) is 0 Å². The van der Waals surface area contributed by atoms with Gasteiger partial charge in [-0.1, -0.05) is 61.4 Å². The lowest BCUT2D eigenvalue weighted by Gasteiger charge is -2.28. The van der Waals surface area contributed by atoms with Crippen molar-refractivity contribution in [2.75, 3.05) is 25.0 Å². The van der Waals surface area contributed by atoms with E-state index in [0.717, 1.165) is 48.1 Å². The van der Waals surface area contributed by atoms with E-state index < -0.39 is 6.10 Å². The van der Waals surface area contributed by atoms with Crippen LogP contribution in [0.1, 0.15) is 42.4 Å². The fourth-order valence-corrected chi connectivity index (χ4v) is 4.12. The van der Waals surface area contributed by atoms with Crippen LogP contribution in [0.3, 0.4) is 0 Å². The molecule has 0 spiro atoms. The largest absolute Gasteiger partial charge is 0.436 e. The molecule has 1 unspecified atom stereocenters. The van der Waals surface area contributed by atoms with E-state index >= 15 is 0 Å². The van der Waals surface area contributed by atoms with Crippen molar-refractivity contribution in [2.45, 2.75) is 52.1 Å². The summed E-state index contributed by atoms with van der Waals surface area (Å²) in [6.45, 7) is 5.36. The summed E-state index contributed by atoms with van der Waals surface area (Å²) in [7, 11) is 1.76. The van der Waals surface area contributed by atoms with Crippen molar-refractivity contribution in [1.82, 2.24) is 4.90 Å². The Morgan fingerprint density at radius 3 is 2.13 bits per heavy atom. The predicted molar refractivity (Wildman–Crippen MR) is 120 cm³/mol. The molecule has 0 aliphatic carbocycles. The van der Waals surface area contributed by atoms with Crippen molar-refractivity contribution < 1.29 is 14.3 Å². The molecular formula is C25H32N2O3. The molecule has 1 heterocycles. The number of hydrogen-bond acceptors (Lipinski definition) is 3. The number of ether oxygens (including phenoxy) is 1. The zero-order valence-corrected chi connectivity index (χ0v) is 18.3.